The first-order valence-electron chi connectivity index (χ1n) is 2.92. The van der Waals surface area contributed by atoms with Crippen LogP contribution in [0, 0.1) is 88.1 Å². The van der Waals surface area contributed by atoms with Crippen molar-refractivity contribution in [3.8, 4) is 0 Å². The van der Waals surface area contributed by atoms with E-state index in [1.165, 1.54) is 0 Å². The maximum atomic E-state index is 10.7. The van der Waals surface area contributed by atoms with Crippen LogP contribution in [0.25, 0.3) is 0 Å². The standard InChI is InChI=1S/C6H8O4.2Ac/c7-2-4-1-5(8)6(9)3-10-4;;/h3-4,7,9H,1-2H2;;. The molecule has 0 bridgehead atoms. The molecule has 1 heterocycles. The minimum atomic E-state index is -0.483. The Morgan fingerprint density at radius 3 is 2.58 bits per heavy atom. The second-order valence-corrected chi connectivity index (χ2v) is 2.07. The van der Waals surface area contributed by atoms with Crippen LogP contribution < -0.4 is 0 Å². The van der Waals surface area contributed by atoms with E-state index in [0.717, 1.165) is 6.26 Å². The molecule has 0 saturated carbocycles. The van der Waals surface area contributed by atoms with Crippen molar-refractivity contribution in [1.29, 1.82) is 0 Å². The summed E-state index contributed by atoms with van der Waals surface area (Å²) < 4.78 is 4.73. The number of hydrogen-bond donors (Lipinski definition) is 2. The van der Waals surface area contributed by atoms with Crippen LogP contribution in [-0.2, 0) is 9.53 Å². The Morgan fingerprint density at radius 1 is 1.58 bits per heavy atom. The van der Waals surface area contributed by atoms with Crippen molar-refractivity contribution < 1.29 is 108 Å². The smallest absolute Gasteiger partial charge is 0.204 e. The zero-order valence-corrected chi connectivity index (χ0v) is 15.9. The Labute approximate surface area is 142 Å². The van der Waals surface area contributed by atoms with Crippen LogP contribution in [0.5, 0.6) is 0 Å². The Hall–Kier alpha value is 1.85. The third kappa shape index (κ3) is 4.92. The number of hydrogen-bond acceptors (Lipinski definition) is 4. The van der Waals surface area contributed by atoms with E-state index in [9.17, 15) is 4.79 Å². The van der Waals surface area contributed by atoms with Gasteiger partial charge in [0.05, 0.1) is 13.0 Å². The van der Waals surface area contributed by atoms with Crippen molar-refractivity contribution in [3.05, 3.63) is 12.0 Å². The van der Waals surface area contributed by atoms with Gasteiger partial charge in [0.1, 0.15) is 12.4 Å². The van der Waals surface area contributed by atoms with E-state index < -0.39 is 6.10 Å². The number of ketones is 1. The second-order valence-electron chi connectivity index (χ2n) is 2.07. The summed E-state index contributed by atoms with van der Waals surface area (Å²) in [6.45, 7) is -0.199. The van der Waals surface area contributed by atoms with E-state index in [0.29, 0.717) is 0 Å². The molecule has 0 saturated heterocycles. The van der Waals surface area contributed by atoms with Gasteiger partial charge in [-0.15, -0.1) is 0 Å². The van der Waals surface area contributed by atoms with E-state index >= 15 is 0 Å². The quantitative estimate of drug-likeness (QED) is 0.437. The van der Waals surface area contributed by atoms with Gasteiger partial charge in [-0.05, 0) is 0 Å². The van der Waals surface area contributed by atoms with Crippen molar-refractivity contribution in [1.82, 2.24) is 0 Å². The number of allylic oxidation sites excluding steroid dienone is 1. The van der Waals surface area contributed by atoms with Gasteiger partial charge in [0.2, 0.25) is 5.78 Å². The molecule has 0 aliphatic carbocycles. The van der Waals surface area contributed by atoms with Gasteiger partial charge >= 0.3 is 0 Å². The van der Waals surface area contributed by atoms with Crippen LogP contribution in [0.2, 0.25) is 0 Å². The molecule has 0 aromatic rings. The summed E-state index contributed by atoms with van der Waals surface area (Å²) in [7, 11) is 0. The molecule has 1 atom stereocenters. The first-order valence-corrected chi connectivity index (χ1v) is 2.92. The minimum absolute atomic E-state index is 0. The molecule has 0 aromatic carbocycles. The summed E-state index contributed by atoms with van der Waals surface area (Å²) in [6, 6.07) is 0. The van der Waals surface area contributed by atoms with Gasteiger partial charge < -0.3 is 14.9 Å². The zero-order valence-electron chi connectivity index (χ0n) is 6.43. The minimum Gasteiger partial charge on any atom is -0.502 e. The Bertz CT molecular complexity index is 180. The third-order valence-corrected chi connectivity index (χ3v) is 1.27. The molecule has 0 aromatic heterocycles. The number of carbonyl (C=O) groups is 1. The predicted molar refractivity (Wildman–Crippen MR) is 32.3 cm³/mol. The third-order valence-electron chi connectivity index (χ3n) is 1.27. The molecule has 1 unspecified atom stereocenters. The van der Waals surface area contributed by atoms with Crippen LogP contribution in [0.15, 0.2) is 12.0 Å². The molecule has 0 fully saturated rings. The van der Waals surface area contributed by atoms with Gasteiger partial charge in [-0.2, -0.15) is 0 Å². The number of carbonyl (C=O) groups excluding carboxylic acids is 1. The van der Waals surface area contributed by atoms with Crippen LogP contribution in [0.1, 0.15) is 6.42 Å². The summed E-state index contributed by atoms with van der Waals surface area (Å²) in [5.74, 6) is -0.755. The number of aliphatic hydroxyl groups is 2. The van der Waals surface area contributed by atoms with E-state index in [4.69, 9.17) is 14.9 Å². The van der Waals surface area contributed by atoms with Crippen molar-refractivity contribution in [2.45, 2.75) is 12.5 Å². The molecule has 0 amide bonds. The monoisotopic (exact) mass is 598 g/mol. The summed E-state index contributed by atoms with van der Waals surface area (Å²) in [4.78, 5) is 10.7. The van der Waals surface area contributed by atoms with Crippen molar-refractivity contribution in [2.24, 2.45) is 0 Å². The molecule has 12 heavy (non-hydrogen) atoms. The summed E-state index contributed by atoms with van der Waals surface area (Å²) in [5, 5.41) is 17.2. The Kier molecular flexibility index (Phi) is 11.1. The molecule has 2 N–H and O–H groups in total. The van der Waals surface area contributed by atoms with Gasteiger partial charge in [-0.3, -0.25) is 4.79 Å². The topological polar surface area (TPSA) is 66.8 Å². The Balaban J connectivity index is 0. The number of Topliss-reactive ketones (excluding diaryl/α,β-unsaturated/α-hetero) is 1. The van der Waals surface area contributed by atoms with Crippen molar-refractivity contribution in [2.75, 3.05) is 6.61 Å². The van der Waals surface area contributed by atoms with E-state index in [1.54, 1.807) is 0 Å². The number of rotatable bonds is 1. The molecule has 0 spiro atoms. The summed E-state index contributed by atoms with van der Waals surface area (Å²) >= 11 is 0. The van der Waals surface area contributed by atoms with Gasteiger partial charge in [0.15, 0.2) is 5.76 Å². The molecular formula is C6H8Ac2O4. The fraction of sp³-hybridized carbons (Fsp3) is 0.500. The summed E-state index contributed by atoms with van der Waals surface area (Å²) in [5.41, 5.74) is 0. The van der Waals surface area contributed by atoms with Gasteiger partial charge in [-0.25, -0.2) is 0 Å². The van der Waals surface area contributed by atoms with Crippen LogP contribution in [0.4, 0.5) is 0 Å². The Morgan fingerprint density at radius 2 is 2.17 bits per heavy atom. The van der Waals surface area contributed by atoms with E-state index in [1.807, 2.05) is 0 Å². The van der Waals surface area contributed by atoms with Gasteiger partial charge in [-0.1, -0.05) is 0 Å². The molecule has 1 aliphatic heterocycles. The van der Waals surface area contributed by atoms with E-state index in [2.05, 4.69) is 0 Å². The SMILES string of the molecule is O=C1CC(CO)OC=C1O.[Ac].[Ac]. The molecular weight excluding hydrogens is 590 g/mol. The number of aliphatic hydroxyl groups excluding tert-OH is 2. The van der Waals surface area contributed by atoms with Gasteiger partial charge in [0, 0.05) is 88.1 Å². The average Bonchev–Trinajstić information content (AvgIpc) is 1.95. The fourth-order valence-corrected chi connectivity index (χ4v) is 0.693. The van der Waals surface area contributed by atoms with E-state index in [-0.39, 0.29) is 113 Å². The molecule has 6 heteroatoms. The maximum absolute atomic E-state index is 10.7. The molecule has 4 nitrogen and oxygen atoms in total. The molecule has 1 aliphatic rings. The molecule has 1 rings (SSSR count). The van der Waals surface area contributed by atoms with Crippen LogP contribution in [-0.4, -0.2) is 28.7 Å². The van der Waals surface area contributed by atoms with Crippen LogP contribution in [0.3, 0.4) is 0 Å². The van der Waals surface area contributed by atoms with Crippen molar-refractivity contribution >= 4 is 5.78 Å². The zero-order chi connectivity index (χ0) is 7.56. The molecule has 2 radical (unpaired) electrons. The normalized spacial score (nSPS) is 21.2. The van der Waals surface area contributed by atoms with Gasteiger partial charge in [0.25, 0.3) is 0 Å². The first-order chi connectivity index (χ1) is 4.74. The summed E-state index contributed by atoms with van der Waals surface area (Å²) in [6.07, 6.45) is 0.536. The second kappa shape index (κ2) is 8.19. The predicted octanol–water partition coefficient (Wildman–Crippen LogP) is -0.264. The fourth-order valence-electron chi connectivity index (χ4n) is 0.693. The first kappa shape index (κ1) is 16.3. The average molecular weight is 598 g/mol. The number of ether oxygens (including phenoxy) is 1. The maximum Gasteiger partial charge on any atom is 0.204 e. The largest absolute Gasteiger partial charge is 0.502 e. The van der Waals surface area contributed by atoms with Crippen molar-refractivity contribution in [3.63, 3.8) is 0 Å². The van der Waals surface area contributed by atoms with Crippen LogP contribution >= 0.6 is 0 Å². The molecule has 62 valence electrons.